The minimum absolute atomic E-state index is 0.392. The third-order valence-corrected chi connectivity index (χ3v) is 5.06. The number of nitrogens with zero attached hydrogens (tertiary/aromatic N) is 1. The van der Waals surface area contributed by atoms with Gasteiger partial charge in [0.25, 0.3) is 0 Å². The highest BCUT2D eigenvalue weighted by Crippen LogP contribution is 2.21. The Morgan fingerprint density at radius 1 is 1.24 bits per heavy atom. The maximum absolute atomic E-state index is 12.4. The first-order valence-electron chi connectivity index (χ1n) is 7.45. The van der Waals surface area contributed by atoms with Crippen molar-refractivity contribution >= 4 is 10.0 Å². The zero-order valence-electron chi connectivity index (χ0n) is 12.8. The van der Waals surface area contributed by atoms with E-state index in [4.69, 9.17) is 0 Å². The van der Waals surface area contributed by atoms with Crippen LogP contribution in [0, 0.1) is 0 Å². The lowest BCUT2D eigenvalue weighted by molar-refractivity contribution is 0.400. The van der Waals surface area contributed by atoms with Crippen molar-refractivity contribution in [2.24, 2.45) is 0 Å². The van der Waals surface area contributed by atoms with E-state index < -0.39 is 10.0 Å². The van der Waals surface area contributed by atoms with Gasteiger partial charge < -0.3 is 10.2 Å². The molecule has 1 aromatic rings. The Bertz CT molecular complexity index is 554. The van der Waals surface area contributed by atoms with E-state index in [2.05, 4.69) is 10.0 Å². The molecule has 21 heavy (non-hydrogen) atoms. The van der Waals surface area contributed by atoms with Crippen LogP contribution < -0.4 is 10.0 Å². The van der Waals surface area contributed by atoms with Crippen LogP contribution in [0.2, 0.25) is 0 Å². The Balaban J connectivity index is 1.97. The van der Waals surface area contributed by atoms with Crippen molar-refractivity contribution in [2.75, 3.05) is 27.2 Å². The predicted octanol–water partition coefficient (Wildman–Crippen LogP) is 1.17. The van der Waals surface area contributed by atoms with Crippen molar-refractivity contribution in [3.8, 4) is 0 Å². The zero-order valence-corrected chi connectivity index (χ0v) is 13.6. The van der Waals surface area contributed by atoms with Crippen molar-refractivity contribution in [3.05, 3.63) is 29.8 Å². The average Bonchev–Trinajstić information content (AvgIpc) is 3.26. The smallest absolute Gasteiger partial charge is 0.240 e. The highest BCUT2D eigenvalue weighted by Gasteiger charge is 2.22. The monoisotopic (exact) mass is 311 g/mol. The van der Waals surface area contributed by atoms with Crippen LogP contribution in [0.5, 0.6) is 0 Å². The minimum atomic E-state index is -3.42. The normalized spacial score (nSPS) is 15.6. The molecule has 0 amide bonds. The second kappa shape index (κ2) is 7.35. The summed E-state index contributed by atoms with van der Waals surface area (Å²) in [6, 6.07) is 7.78. The van der Waals surface area contributed by atoms with E-state index in [1.807, 2.05) is 31.1 Å². The second-order valence-electron chi connectivity index (χ2n) is 5.82. The van der Waals surface area contributed by atoms with Gasteiger partial charge in [0, 0.05) is 19.1 Å². The van der Waals surface area contributed by atoms with Gasteiger partial charge in [-0.3, -0.25) is 0 Å². The molecule has 2 rings (SSSR count). The standard InChI is InChI=1S/C15H25N3O2S/c1-18(2)11-5-10-17-21(19,20)15-7-4-3-6-13(15)12-16-14-8-9-14/h3-4,6-7,14,16-17H,5,8-12H2,1-2H3. The first-order valence-corrected chi connectivity index (χ1v) is 8.93. The van der Waals surface area contributed by atoms with Gasteiger partial charge in [-0.15, -0.1) is 0 Å². The van der Waals surface area contributed by atoms with Gasteiger partial charge >= 0.3 is 0 Å². The second-order valence-corrected chi connectivity index (χ2v) is 7.55. The van der Waals surface area contributed by atoms with Crippen LogP contribution in [-0.2, 0) is 16.6 Å². The lowest BCUT2D eigenvalue weighted by Gasteiger charge is -2.13. The molecule has 0 atom stereocenters. The molecule has 0 heterocycles. The third-order valence-electron chi connectivity index (χ3n) is 3.49. The van der Waals surface area contributed by atoms with Gasteiger partial charge in [-0.05, 0) is 51.5 Å². The van der Waals surface area contributed by atoms with Crippen LogP contribution in [0.1, 0.15) is 24.8 Å². The predicted molar refractivity (Wildman–Crippen MR) is 84.7 cm³/mol. The Kier molecular flexibility index (Phi) is 5.75. The van der Waals surface area contributed by atoms with E-state index in [-0.39, 0.29) is 0 Å². The molecule has 0 aromatic heterocycles. The van der Waals surface area contributed by atoms with Crippen LogP contribution in [0.4, 0.5) is 0 Å². The fourth-order valence-electron chi connectivity index (χ4n) is 2.13. The van der Waals surface area contributed by atoms with E-state index in [9.17, 15) is 8.42 Å². The lowest BCUT2D eigenvalue weighted by atomic mass is 10.2. The summed E-state index contributed by atoms with van der Waals surface area (Å²) >= 11 is 0. The van der Waals surface area contributed by atoms with Crippen LogP contribution in [0.3, 0.4) is 0 Å². The summed E-state index contributed by atoms with van der Waals surface area (Å²) in [5.41, 5.74) is 0.838. The van der Waals surface area contributed by atoms with Crippen LogP contribution in [0.15, 0.2) is 29.2 Å². The topological polar surface area (TPSA) is 61.4 Å². The number of hydrogen-bond donors (Lipinski definition) is 2. The van der Waals surface area contributed by atoms with Gasteiger partial charge in [0.2, 0.25) is 10.0 Å². The van der Waals surface area contributed by atoms with Crippen molar-refractivity contribution in [1.29, 1.82) is 0 Å². The molecular weight excluding hydrogens is 286 g/mol. The molecule has 1 aromatic carbocycles. The van der Waals surface area contributed by atoms with Crippen LogP contribution in [-0.4, -0.2) is 46.5 Å². The first-order chi connectivity index (χ1) is 9.99. The fraction of sp³-hybridized carbons (Fsp3) is 0.600. The summed E-state index contributed by atoms with van der Waals surface area (Å²) < 4.78 is 27.5. The molecule has 0 radical (unpaired) electrons. The molecule has 5 nitrogen and oxygen atoms in total. The maximum atomic E-state index is 12.4. The van der Waals surface area contributed by atoms with Crippen molar-refractivity contribution in [1.82, 2.24) is 14.9 Å². The van der Waals surface area contributed by atoms with Gasteiger partial charge in [-0.25, -0.2) is 13.1 Å². The number of benzene rings is 1. The molecule has 1 aliphatic carbocycles. The Labute approximate surface area is 127 Å². The first kappa shape index (κ1) is 16.4. The van der Waals surface area contributed by atoms with Crippen LogP contribution in [0.25, 0.3) is 0 Å². The van der Waals surface area contributed by atoms with Gasteiger partial charge in [0.15, 0.2) is 0 Å². The zero-order chi connectivity index (χ0) is 15.3. The summed E-state index contributed by atoms with van der Waals surface area (Å²) in [7, 11) is 0.534. The van der Waals surface area contributed by atoms with E-state index in [0.717, 1.165) is 18.5 Å². The molecule has 1 aliphatic rings. The quantitative estimate of drug-likeness (QED) is 0.672. The molecular formula is C15H25N3O2S. The number of nitrogens with one attached hydrogen (secondary N) is 2. The van der Waals surface area contributed by atoms with E-state index in [0.29, 0.717) is 24.0 Å². The molecule has 2 N–H and O–H groups in total. The molecule has 1 saturated carbocycles. The van der Waals surface area contributed by atoms with Gasteiger partial charge in [0.05, 0.1) is 4.90 Å². The van der Waals surface area contributed by atoms with Crippen molar-refractivity contribution in [3.63, 3.8) is 0 Å². The highest BCUT2D eigenvalue weighted by molar-refractivity contribution is 7.89. The van der Waals surface area contributed by atoms with E-state index >= 15 is 0 Å². The van der Waals surface area contributed by atoms with Gasteiger partial charge in [-0.2, -0.15) is 0 Å². The molecule has 0 spiro atoms. The molecule has 6 heteroatoms. The van der Waals surface area contributed by atoms with Crippen LogP contribution >= 0.6 is 0 Å². The summed E-state index contributed by atoms with van der Waals surface area (Å²) in [5.74, 6) is 0. The van der Waals surface area contributed by atoms with Crippen molar-refractivity contribution < 1.29 is 8.42 Å². The Hall–Kier alpha value is -0.950. The SMILES string of the molecule is CN(C)CCCNS(=O)(=O)c1ccccc1CNC1CC1. The van der Waals surface area contributed by atoms with E-state index in [1.54, 1.807) is 12.1 Å². The van der Waals surface area contributed by atoms with E-state index in [1.165, 1.54) is 12.8 Å². The lowest BCUT2D eigenvalue weighted by Crippen LogP contribution is -2.28. The Morgan fingerprint density at radius 2 is 1.95 bits per heavy atom. The largest absolute Gasteiger partial charge is 0.310 e. The summed E-state index contributed by atoms with van der Waals surface area (Å²) in [5, 5.41) is 3.37. The third kappa shape index (κ3) is 5.39. The molecule has 0 unspecified atom stereocenters. The highest BCUT2D eigenvalue weighted by atomic mass is 32.2. The molecule has 1 fully saturated rings. The molecule has 0 saturated heterocycles. The minimum Gasteiger partial charge on any atom is -0.310 e. The molecule has 118 valence electrons. The van der Waals surface area contributed by atoms with Crippen molar-refractivity contribution in [2.45, 2.75) is 36.7 Å². The number of hydrogen-bond acceptors (Lipinski definition) is 4. The van der Waals surface area contributed by atoms with Gasteiger partial charge in [0.1, 0.15) is 0 Å². The summed E-state index contributed by atoms with van der Waals surface area (Å²) in [6.07, 6.45) is 3.18. The molecule has 0 bridgehead atoms. The summed E-state index contributed by atoms with van der Waals surface area (Å²) in [4.78, 5) is 2.44. The number of rotatable bonds is 9. The number of sulfonamides is 1. The van der Waals surface area contributed by atoms with Gasteiger partial charge in [-0.1, -0.05) is 18.2 Å². The fourth-order valence-corrected chi connectivity index (χ4v) is 3.45. The maximum Gasteiger partial charge on any atom is 0.240 e. The Morgan fingerprint density at radius 3 is 2.62 bits per heavy atom. The average molecular weight is 311 g/mol. The molecule has 0 aliphatic heterocycles. The summed E-state index contributed by atoms with van der Waals surface area (Å²) in [6.45, 7) is 1.94.